The first-order valence-electron chi connectivity index (χ1n) is 9.51. The molecule has 0 aromatic carbocycles. The van der Waals surface area contributed by atoms with E-state index in [9.17, 15) is 29.4 Å². The first-order chi connectivity index (χ1) is 14.2. The number of carbonyl (C=O) groups excluding carboxylic acids is 3. The Balaban J connectivity index is 4.88. The number of aliphatic hydroxyl groups is 1. The predicted molar refractivity (Wildman–Crippen MR) is 118 cm³/mol. The third kappa shape index (κ3) is 11.0. The number of carboxylic acids is 1. The molecule has 0 aliphatic heterocycles. The van der Waals surface area contributed by atoms with Crippen molar-refractivity contribution in [2.75, 3.05) is 30.9 Å². The van der Waals surface area contributed by atoms with Crippen LogP contribution in [0.4, 0.5) is 0 Å². The summed E-state index contributed by atoms with van der Waals surface area (Å²) in [7, 11) is 0. The number of aliphatic carboxylic acids is 1. The molecule has 0 saturated carbocycles. The SMILES string of the molecule is CSCCC(N)C(=O)NC(CO)C(=O)NC(CS)C(=O)NC(CCCCN)C(=O)O. The Morgan fingerprint density at radius 2 is 1.53 bits per heavy atom. The molecule has 0 radical (unpaired) electrons. The van der Waals surface area contributed by atoms with Gasteiger partial charge in [-0.25, -0.2) is 4.79 Å². The van der Waals surface area contributed by atoms with Gasteiger partial charge in [0.1, 0.15) is 18.1 Å². The molecular weight excluding hydrogens is 434 g/mol. The van der Waals surface area contributed by atoms with Crippen molar-refractivity contribution in [1.82, 2.24) is 16.0 Å². The number of thioether (sulfide) groups is 1. The Morgan fingerprint density at radius 3 is 2.03 bits per heavy atom. The molecule has 0 aliphatic rings. The van der Waals surface area contributed by atoms with E-state index in [0.29, 0.717) is 31.6 Å². The fourth-order valence-corrected chi connectivity index (χ4v) is 3.08. The third-order valence-corrected chi connectivity index (χ3v) is 5.17. The van der Waals surface area contributed by atoms with Crippen LogP contribution < -0.4 is 27.4 Å². The van der Waals surface area contributed by atoms with Crippen LogP contribution in [-0.4, -0.2) is 89.0 Å². The lowest BCUT2D eigenvalue weighted by Gasteiger charge is -2.23. The van der Waals surface area contributed by atoms with Crippen molar-refractivity contribution in [3.05, 3.63) is 0 Å². The van der Waals surface area contributed by atoms with E-state index in [4.69, 9.17) is 11.5 Å². The van der Waals surface area contributed by atoms with Gasteiger partial charge in [0.2, 0.25) is 17.7 Å². The van der Waals surface area contributed by atoms with Gasteiger partial charge >= 0.3 is 5.97 Å². The molecule has 0 bridgehead atoms. The molecule has 0 aromatic heterocycles. The molecule has 4 unspecified atom stereocenters. The van der Waals surface area contributed by atoms with Crippen molar-refractivity contribution < 1.29 is 29.4 Å². The number of nitrogens with one attached hydrogen (secondary N) is 3. The Kier molecular flexibility index (Phi) is 15.4. The van der Waals surface area contributed by atoms with Crippen LogP contribution in [0.25, 0.3) is 0 Å². The summed E-state index contributed by atoms with van der Waals surface area (Å²) >= 11 is 5.53. The molecule has 0 aliphatic carbocycles. The van der Waals surface area contributed by atoms with E-state index in [2.05, 4.69) is 28.6 Å². The van der Waals surface area contributed by atoms with E-state index in [1.807, 2.05) is 6.26 Å². The van der Waals surface area contributed by atoms with Gasteiger partial charge in [0, 0.05) is 5.75 Å². The Bertz CT molecular complexity index is 569. The van der Waals surface area contributed by atoms with Crippen molar-refractivity contribution >= 4 is 48.1 Å². The fourth-order valence-electron chi connectivity index (χ4n) is 2.34. The molecule has 0 heterocycles. The smallest absolute Gasteiger partial charge is 0.326 e. The van der Waals surface area contributed by atoms with Crippen LogP contribution in [0.1, 0.15) is 25.7 Å². The predicted octanol–water partition coefficient (Wildman–Crippen LogP) is -2.34. The summed E-state index contributed by atoms with van der Waals surface area (Å²) in [5, 5.41) is 25.7. The minimum absolute atomic E-state index is 0.119. The lowest BCUT2D eigenvalue weighted by Crippen LogP contribution is -2.58. The van der Waals surface area contributed by atoms with Crippen molar-refractivity contribution in [2.24, 2.45) is 11.5 Å². The standard InChI is InChI=1S/C17H33N5O6S2/c1-30-7-5-10(19)14(24)21-12(8-23)15(25)22-13(9-29)16(26)20-11(17(27)28)4-2-3-6-18/h10-13,23,29H,2-9,18-19H2,1H3,(H,20,26)(H,21,24)(H,22,25)(H,27,28). The second-order valence-corrected chi connectivity index (χ2v) is 7.91. The van der Waals surface area contributed by atoms with E-state index in [1.54, 1.807) is 0 Å². The number of aliphatic hydroxyl groups excluding tert-OH is 1. The van der Waals surface area contributed by atoms with Gasteiger partial charge in [0.15, 0.2) is 0 Å². The maximum atomic E-state index is 12.4. The van der Waals surface area contributed by atoms with Crippen molar-refractivity contribution in [3.63, 3.8) is 0 Å². The maximum Gasteiger partial charge on any atom is 0.326 e. The summed E-state index contributed by atoms with van der Waals surface area (Å²) in [5.41, 5.74) is 11.1. The quantitative estimate of drug-likeness (QED) is 0.0905. The molecule has 13 heteroatoms. The Hall–Kier alpha value is -1.54. The van der Waals surface area contributed by atoms with Crippen LogP contribution >= 0.6 is 24.4 Å². The molecule has 0 spiro atoms. The number of thiol groups is 1. The van der Waals surface area contributed by atoms with Crippen LogP contribution in [0.3, 0.4) is 0 Å². The number of rotatable bonds is 16. The van der Waals surface area contributed by atoms with Crippen molar-refractivity contribution in [2.45, 2.75) is 49.9 Å². The largest absolute Gasteiger partial charge is 0.480 e. The molecule has 9 N–H and O–H groups in total. The molecular formula is C17H33N5O6S2. The highest BCUT2D eigenvalue weighted by molar-refractivity contribution is 7.98. The molecule has 174 valence electrons. The monoisotopic (exact) mass is 467 g/mol. The molecule has 0 rings (SSSR count). The average Bonchev–Trinajstić information content (AvgIpc) is 2.72. The number of hydrogen-bond donors (Lipinski definition) is 8. The number of carboxylic acid groups (broad SMARTS) is 1. The Labute approximate surface area is 185 Å². The fraction of sp³-hybridized carbons (Fsp3) is 0.765. The minimum Gasteiger partial charge on any atom is -0.480 e. The summed E-state index contributed by atoms with van der Waals surface area (Å²) in [5.74, 6) is -2.82. The van der Waals surface area contributed by atoms with Gasteiger partial charge in [0.25, 0.3) is 0 Å². The van der Waals surface area contributed by atoms with Gasteiger partial charge in [-0.05, 0) is 44.2 Å². The van der Waals surface area contributed by atoms with Gasteiger partial charge in [-0.15, -0.1) is 0 Å². The van der Waals surface area contributed by atoms with E-state index in [-0.39, 0.29) is 12.2 Å². The van der Waals surface area contributed by atoms with Gasteiger partial charge in [0.05, 0.1) is 12.6 Å². The van der Waals surface area contributed by atoms with Crippen LogP contribution in [0, 0.1) is 0 Å². The van der Waals surface area contributed by atoms with Gasteiger partial charge in [-0.2, -0.15) is 24.4 Å². The van der Waals surface area contributed by atoms with Crippen LogP contribution in [0.2, 0.25) is 0 Å². The van der Waals surface area contributed by atoms with E-state index >= 15 is 0 Å². The lowest BCUT2D eigenvalue weighted by molar-refractivity contribution is -0.142. The number of carbonyl (C=O) groups is 4. The number of hydrogen-bond acceptors (Lipinski definition) is 9. The summed E-state index contributed by atoms with van der Waals surface area (Å²) in [6, 6.07) is -4.44. The maximum absolute atomic E-state index is 12.4. The normalized spacial score (nSPS) is 14.8. The Morgan fingerprint density at radius 1 is 0.967 bits per heavy atom. The van der Waals surface area contributed by atoms with Crippen LogP contribution in [0.15, 0.2) is 0 Å². The molecule has 11 nitrogen and oxygen atoms in total. The number of unbranched alkanes of at least 4 members (excludes halogenated alkanes) is 1. The molecule has 30 heavy (non-hydrogen) atoms. The zero-order valence-corrected chi connectivity index (χ0v) is 18.7. The molecule has 4 atom stereocenters. The summed E-state index contributed by atoms with van der Waals surface area (Å²) < 4.78 is 0. The van der Waals surface area contributed by atoms with Crippen LogP contribution in [-0.2, 0) is 19.2 Å². The van der Waals surface area contributed by atoms with Gasteiger partial charge < -0.3 is 37.6 Å². The van der Waals surface area contributed by atoms with E-state index in [0.717, 1.165) is 0 Å². The topological polar surface area (TPSA) is 197 Å². The second-order valence-electron chi connectivity index (χ2n) is 6.56. The minimum atomic E-state index is -1.31. The number of amides is 3. The highest BCUT2D eigenvalue weighted by atomic mass is 32.2. The van der Waals surface area contributed by atoms with E-state index < -0.39 is 54.5 Å². The summed E-state index contributed by atoms with van der Waals surface area (Å²) in [6.07, 6.45) is 3.58. The number of nitrogens with two attached hydrogens (primary N) is 2. The zero-order valence-electron chi connectivity index (χ0n) is 17.0. The van der Waals surface area contributed by atoms with Crippen molar-refractivity contribution in [3.8, 4) is 0 Å². The first-order valence-corrected chi connectivity index (χ1v) is 11.5. The summed E-state index contributed by atoms with van der Waals surface area (Å²) in [6.45, 7) is -0.296. The first kappa shape index (κ1) is 28.5. The molecule has 0 saturated heterocycles. The third-order valence-electron chi connectivity index (χ3n) is 4.16. The average molecular weight is 468 g/mol. The van der Waals surface area contributed by atoms with E-state index in [1.165, 1.54) is 11.8 Å². The van der Waals surface area contributed by atoms with Gasteiger partial charge in [-0.3, -0.25) is 14.4 Å². The molecule has 3 amide bonds. The van der Waals surface area contributed by atoms with Crippen LogP contribution in [0.5, 0.6) is 0 Å². The second kappa shape index (κ2) is 16.2. The summed E-state index contributed by atoms with van der Waals surface area (Å²) in [4.78, 5) is 48.1. The highest BCUT2D eigenvalue weighted by Crippen LogP contribution is 2.03. The lowest BCUT2D eigenvalue weighted by atomic mass is 10.1. The van der Waals surface area contributed by atoms with Gasteiger partial charge in [-0.1, -0.05) is 0 Å². The zero-order chi connectivity index (χ0) is 23.1. The molecule has 0 fully saturated rings. The molecule has 0 aromatic rings. The highest BCUT2D eigenvalue weighted by Gasteiger charge is 2.29. The van der Waals surface area contributed by atoms with Crippen molar-refractivity contribution in [1.29, 1.82) is 0 Å².